The summed E-state index contributed by atoms with van der Waals surface area (Å²) in [4.78, 5) is 16.8. The molecule has 2 heterocycles. The first-order chi connectivity index (χ1) is 15.2. The van der Waals surface area contributed by atoms with Crippen LogP contribution in [0, 0.1) is 0 Å². The highest BCUT2D eigenvalue weighted by Gasteiger charge is 2.30. The maximum absolute atomic E-state index is 12.7. The number of thioether (sulfide) groups is 1. The van der Waals surface area contributed by atoms with Gasteiger partial charge in [0.15, 0.2) is 11.0 Å². The molecule has 2 aromatic carbocycles. The summed E-state index contributed by atoms with van der Waals surface area (Å²) in [5, 5.41) is 15.1. The zero-order valence-electron chi connectivity index (χ0n) is 17.2. The lowest BCUT2D eigenvalue weighted by Crippen LogP contribution is -2.28. The van der Waals surface area contributed by atoms with Crippen LogP contribution in [0.25, 0.3) is 22.2 Å². The summed E-state index contributed by atoms with van der Waals surface area (Å²) in [5.41, 5.74) is 2.12. The highest BCUT2D eigenvalue weighted by Crippen LogP contribution is 2.41. The average molecular weight is 430 g/mol. The average Bonchev–Trinajstić information content (AvgIpc) is 3.56. The van der Waals surface area contributed by atoms with Crippen molar-refractivity contribution in [1.82, 2.24) is 25.1 Å². The Labute approximate surface area is 185 Å². The van der Waals surface area contributed by atoms with E-state index in [1.165, 1.54) is 22.5 Å². The van der Waals surface area contributed by atoms with Gasteiger partial charge in [0.1, 0.15) is 0 Å². The molecule has 0 unspecified atom stereocenters. The third-order valence-corrected chi connectivity index (χ3v) is 6.46. The van der Waals surface area contributed by atoms with E-state index in [4.69, 9.17) is 0 Å². The largest absolute Gasteiger partial charge is 0.349 e. The first-order valence-electron chi connectivity index (χ1n) is 10.5. The molecule has 7 heteroatoms. The molecule has 6 nitrogen and oxygen atoms in total. The first-order valence-corrected chi connectivity index (χ1v) is 11.4. The van der Waals surface area contributed by atoms with Crippen LogP contribution in [0.4, 0.5) is 0 Å². The summed E-state index contributed by atoms with van der Waals surface area (Å²) in [7, 11) is 0. The minimum atomic E-state index is -0.0760. The predicted octanol–water partition coefficient (Wildman–Crippen LogP) is 4.80. The van der Waals surface area contributed by atoms with Crippen molar-refractivity contribution in [2.24, 2.45) is 0 Å². The Bertz CT molecular complexity index is 1210. The van der Waals surface area contributed by atoms with Crippen LogP contribution in [0.15, 0.2) is 72.1 Å². The smallest absolute Gasteiger partial charge is 0.230 e. The summed E-state index contributed by atoms with van der Waals surface area (Å²) in [6.45, 7) is 2.03. The number of amides is 1. The SMILES string of the molecule is C[C@@H](NC(=O)CSc1nnc(-c2ccncc2)n1C1CC1)c1cccc2ccccc12. The van der Waals surface area contributed by atoms with Crippen LogP contribution in [0.3, 0.4) is 0 Å². The number of pyridine rings is 1. The predicted molar refractivity (Wildman–Crippen MR) is 123 cm³/mol. The molecule has 4 aromatic rings. The molecule has 1 saturated carbocycles. The van der Waals surface area contributed by atoms with Gasteiger partial charge in [-0.05, 0) is 48.2 Å². The Morgan fingerprint density at radius 2 is 1.87 bits per heavy atom. The molecule has 0 spiro atoms. The summed E-state index contributed by atoms with van der Waals surface area (Å²) < 4.78 is 2.17. The van der Waals surface area contributed by atoms with E-state index in [0.29, 0.717) is 11.8 Å². The molecule has 2 aromatic heterocycles. The van der Waals surface area contributed by atoms with Crippen LogP contribution < -0.4 is 5.32 Å². The molecule has 0 radical (unpaired) electrons. The van der Waals surface area contributed by atoms with Gasteiger partial charge in [-0.2, -0.15) is 0 Å². The standard InChI is InChI=1S/C24H23N5OS/c1-16(20-8-4-6-17-5-2-3-7-21(17)20)26-22(30)15-31-24-28-27-23(29(24)19-9-10-19)18-11-13-25-14-12-18/h2-8,11-14,16,19H,9-10,15H2,1H3,(H,26,30)/t16-/m1/s1. The Kier molecular flexibility index (Phi) is 5.42. The zero-order valence-corrected chi connectivity index (χ0v) is 18.0. The Morgan fingerprint density at radius 1 is 1.10 bits per heavy atom. The van der Waals surface area contributed by atoms with Crippen molar-refractivity contribution in [1.29, 1.82) is 0 Å². The van der Waals surface area contributed by atoms with Crippen LogP contribution in [-0.2, 0) is 4.79 Å². The normalized spacial score (nSPS) is 14.5. The molecule has 0 bridgehead atoms. The maximum Gasteiger partial charge on any atom is 0.230 e. The minimum absolute atomic E-state index is 0.0127. The second-order valence-electron chi connectivity index (χ2n) is 7.79. The van der Waals surface area contributed by atoms with Crippen molar-refractivity contribution in [3.63, 3.8) is 0 Å². The summed E-state index contributed by atoms with van der Waals surface area (Å²) in [6.07, 6.45) is 5.76. The van der Waals surface area contributed by atoms with E-state index in [1.54, 1.807) is 12.4 Å². The fraction of sp³-hybridized carbons (Fsp3) is 0.250. The number of carbonyl (C=O) groups excluding carboxylic acids is 1. The molecule has 0 saturated heterocycles. The number of hydrogen-bond acceptors (Lipinski definition) is 5. The van der Waals surface area contributed by atoms with Crippen LogP contribution >= 0.6 is 11.8 Å². The second-order valence-corrected chi connectivity index (χ2v) is 8.73. The van der Waals surface area contributed by atoms with Gasteiger partial charge in [0.25, 0.3) is 0 Å². The van der Waals surface area contributed by atoms with E-state index in [9.17, 15) is 4.79 Å². The summed E-state index contributed by atoms with van der Waals surface area (Å²) >= 11 is 1.44. The quantitative estimate of drug-likeness (QED) is 0.427. The second kappa shape index (κ2) is 8.51. The van der Waals surface area contributed by atoms with Crippen LogP contribution in [0.5, 0.6) is 0 Å². The number of nitrogens with one attached hydrogen (secondary N) is 1. The monoisotopic (exact) mass is 429 g/mol. The van der Waals surface area contributed by atoms with Gasteiger partial charge in [-0.15, -0.1) is 10.2 Å². The topological polar surface area (TPSA) is 72.7 Å². The van der Waals surface area contributed by atoms with Gasteiger partial charge in [-0.25, -0.2) is 0 Å². The number of benzene rings is 2. The van der Waals surface area contributed by atoms with Crippen molar-refractivity contribution in [3.8, 4) is 11.4 Å². The van der Waals surface area contributed by atoms with Crippen LogP contribution in [0.2, 0.25) is 0 Å². The maximum atomic E-state index is 12.7. The molecule has 1 aliphatic rings. The summed E-state index contributed by atoms with van der Waals surface area (Å²) in [6, 6.07) is 18.7. The molecule has 1 fully saturated rings. The Morgan fingerprint density at radius 3 is 2.68 bits per heavy atom. The summed E-state index contributed by atoms with van der Waals surface area (Å²) in [5.74, 6) is 1.13. The molecule has 156 valence electrons. The highest BCUT2D eigenvalue weighted by molar-refractivity contribution is 7.99. The van der Waals surface area contributed by atoms with E-state index in [1.807, 2.05) is 37.3 Å². The number of aromatic nitrogens is 4. The lowest BCUT2D eigenvalue weighted by atomic mass is 10.00. The number of fused-ring (bicyclic) bond motifs is 1. The van der Waals surface area contributed by atoms with Crippen molar-refractivity contribution in [2.75, 3.05) is 5.75 Å². The van der Waals surface area contributed by atoms with Crippen molar-refractivity contribution in [2.45, 2.75) is 37.0 Å². The van der Waals surface area contributed by atoms with E-state index < -0.39 is 0 Å². The molecular formula is C24H23N5OS. The highest BCUT2D eigenvalue weighted by atomic mass is 32.2. The van der Waals surface area contributed by atoms with E-state index >= 15 is 0 Å². The molecular weight excluding hydrogens is 406 g/mol. The third kappa shape index (κ3) is 4.18. The van der Waals surface area contributed by atoms with Crippen LogP contribution in [0.1, 0.15) is 37.4 Å². The van der Waals surface area contributed by atoms with Gasteiger partial charge in [0.2, 0.25) is 5.91 Å². The molecule has 1 N–H and O–H groups in total. The van der Waals surface area contributed by atoms with Gasteiger partial charge in [-0.1, -0.05) is 54.2 Å². The van der Waals surface area contributed by atoms with Gasteiger partial charge >= 0.3 is 0 Å². The molecule has 31 heavy (non-hydrogen) atoms. The zero-order chi connectivity index (χ0) is 21.2. The van der Waals surface area contributed by atoms with Crippen molar-refractivity contribution < 1.29 is 4.79 Å². The number of rotatable bonds is 7. The molecule has 0 aliphatic heterocycles. The van der Waals surface area contributed by atoms with Crippen LogP contribution in [-0.4, -0.2) is 31.4 Å². The molecule has 1 atom stereocenters. The molecule has 1 aliphatic carbocycles. The lowest BCUT2D eigenvalue weighted by Gasteiger charge is -2.16. The first kappa shape index (κ1) is 19.8. The van der Waals surface area contributed by atoms with E-state index in [2.05, 4.69) is 49.3 Å². The fourth-order valence-electron chi connectivity index (χ4n) is 3.85. The van der Waals surface area contributed by atoms with Gasteiger partial charge in [0.05, 0.1) is 11.8 Å². The van der Waals surface area contributed by atoms with Crippen molar-refractivity contribution in [3.05, 3.63) is 72.6 Å². The number of hydrogen-bond donors (Lipinski definition) is 1. The molecule has 1 amide bonds. The van der Waals surface area contributed by atoms with Crippen molar-refractivity contribution >= 4 is 28.4 Å². The number of nitrogens with zero attached hydrogens (tertiary/aromatic N) is 4. The van der Waals surface area contributed by atoms with E-state index in [-0.39, 0.29) is 11.9 Å². The Hall–Kier alpha value is -3.19. The number of carbonyl (C=O) groups is 1. The van der Waals surface area contributed by atoms with E-state index in [0.717, 1.165) is 34.9 Å². The van der Waals surface area contributed by atoms with Gasteiger partial charge in [-0.3, -0.25) is 14.3 Å². The Balaban J connectivity index is 1.28. The van der Waals surface area contributed by atoms with Gasteiger partial charge in [0, 0.05) is 24.0 Å². The minimum Gasteiger partial charge on any atom is -0.349 e. The lowest BCUT2D eigenvalue weighted by molar-refractivity contribution is -0.119. The fourth-order valence-corrected chi connectivity index (χ4v) is 4.67. The third-order valence-electron chi connectivity index (χ3n) is 5.51. The van der Waals surface area contributed by atoms with Gasteiger partial charge < -0.3 is 5.32 Å². The molecule has 5 rings (SSSR count).